The maximum atomic E-state index is 12.9. The molecule has 2 heterocycles. The molecule has 0 spiro atoms. The van der Waals surface area contributed by atoms with Gasteiger partial charge < -0.3 is 24.6 Å². The first kappa shape index (κ1) is 25.1. The second-order valence-electron chi connectivity index (χ2n) is 7.90. The van der Waals surface area contributed by atoms with Crippen molar-refractivity contribution < 1.29 is 19.4 Å². The van der Waals surface area contributed by atoms with Crippen LogP contribution in [-0.4, -0.2) is 63.4 Å². The van der Waals surface area contributed by atoms with Gasteiger partial charge in [-0.15, -0.1) is 0 Å². The molecule has 1 aliphatic heterocycles. The number of carbonyl (C=O) groups is 2. The summed E-state index contributed by atoms with van der Waals surface area (Å²) in [5.74, 6) is -0.964. The van der Waals surface area contributed by atoms with Crippen LogP contribution in [0.2, 0.25) is 5.02 Å². The van der Waals surface area contributed by atoms with Crippen molar-refractivity contribution in [3.05, 3.63) is 62.9 Å². The van der Waals surface area contributed by atoms with Crippen LogP contribution in [0.4, 0.5) is 0 Å². The molecule has 0 aliphatic carbocycles. The molecule has 178 valence electrons. The van der Waals surface area contributed by atoms with E-state index in [0.717, 1.165) is 5.56 Å². The van der Waals surface area contributed by atoms with Crippen LogP contribution >= 0.6 is 27.5 Å². The number of imidazole rings is 1. The molecule has 0 fully saturated rings. The average molecular weight is 541 g/mol. The molecule has 11 heteroatoms. The summed E-state index contributed by atoms with van der Waals surface area (Å²) in [7, 11) is 3.17. The van der Waals surface area contributed by atoms with Crippen LogP contribution in [0.3, 0.4) is 0 Å². The van der Waals surface area contributed by atoms with Gasteiger partial charge in [-0.1, -0.05) is 23.7 Å². The Morgan fingerprint density at radius 2 is 1.94 bits per heavy atom. The lowest BCUT2D eigenvalue weighted by Gasteiger charge is -2.37. The van der Waals surface area contributed by atoms with Gasteiger partial charge in [0.25, 0.3) is 5.91 Å². The van der Waals surface area contributed by atoms with Crippen LogP contribution in [0, 0.1) is 0 Å². The third-order valence-corrected chi connectivity index (χ3v) is 6.07. The summed E-state index contributed by atoms with van der Waals surface area (Å²) in [5, 5.41) is 14.0. The first-order chi connectivity index (χ1) is 15.6. The molecule has 1 aromatic carbocycles. The van der Waals surface area contributed by atoms with E-state index in [2.05, 4.69) is 26.2 Å². The number of aliphatic hydroxyl groups is 1. The second kappa shape index (κ2) is 10.1. The van der Waals surface area contributed by atoms with Crippen molar-refractivity contribution in [2.24, 2.45) is 0 Å². The lowest BCUT2D eigenvalue weighted by molar-refractivity contribution is -0.148. The van der Waals surface area contributed by atoms with Crippen LogP contribution in [0.1, 0.15) is 54.6 Å². The molecule has 2 unspecified atom stereocenters. The van der Waals surface area contributed by atoms with E-state index in [4.69, 9.17) is 16.3 Å². The van der Waals surface area contributed by atoms with E-state index in [0.29, 0.717) is 15.5 Å². The minimum Gasteiger partial charge on any atom is -0.461 e. The summed E-state index contributed by atoms with van der Waals surface area (Å²) < 4.78 is 7.60. The molecule has 0 saturated carbocycles. The fourth-order valence-corrected chi connectivity index (χ4v) is 4.55. The SMILES string of the molecule is CCOC(=O)c1nc(Br)n(C(C)C)c1C(NC1=CN(C)C(O)N(C)C1=O)c1ccc(Cl)cc1. The molecule has 3 rings (SSSR count). The number of aromatic nitrogens is 2. The zero-order valence-corrected chi connectivity index (χ0v) is 21.4. The van der Waals surface area contributed by atoms with E-state index >= 15 is 0 Å². The average Bonchev–Trinajstić information content (AvgIpc) is 3.12. The van der Waals surface area contributed by atoms with Gasteiger partial charge in [0.1, 0.15) is 5.70 Å². The highest BCUT2D eigenvalue weighted by molar-refractivity contribution is 9.10. The number of nitrogens with one attached hydrogen (secondary N) is 1. The lowest BCUT2D eigenvalue weighted by Crippen LogP contribution is -2.52. The largest absolute Gasteiger partial charge is 0.461 e. The lowest BCUT2D eigenvalue weighted by atomic mass is 10.0. The molecule has 2 N–H and O–H groups in total. The number of halogens is 2. The van der Waals surface area contributed by atoms with Crippen molar-refractivity contribution in [1.29, 1.82) is 0 Å². The number of rotatable bonds is 7. The topological polar surface area (TPSA) is 99.9 Å². The van der Waals surface area contributed by atoms with Gasteiger partial charge in [-0.3, -0.25) is 9.69 Å². The summed E-state index contributed by atoms with van der Waals surface area (Å²) in [5.41, 5.74) is 1.66. The van der Waals surface area contributed by atoms with Gasteiger partial charge >= 0.3 is 5.97 Å². The van der Waals surface area contributed by atoms with E-state index in [9.17, 15) is 14.7 Å². The Labute approximate surface area is 206 Å². The van der Waals surface area contributed by atoms with E-state index in [-0.39, 0.29) is 24.0 Å². The molecule has 2 atom stereocenters. The Hall–Kier alpha value is -2.56. The number of carbonyl (C=O) groups excluding carboxylic acids is 2. The minimum absolute atomic E-state index is 0.0649. The number of likely N-dealkylation sites (N-methyl/N-ethyl adjacent to an activating group) is 1. The number of nitrogens with zero attached hydrogens (tertiary/aromatic N) is 4. The zero-order valence-electron chi connectivity index (χ0n) is 19.0. The quantitative estimate of drug-likeness (QED) is 0.520. The predicted molar refractivity (Wildman–Crippen MR) is 127 cm³/mol. The van der Waals surface area contributed by atoms with Gasteiger partial charge in [0.2, 0.25) is 6.35 Å². The molecule has 33 heavy (non-hydrogen) atoms. The van der Waals surface area contributed by atoms with Gasteiger partial charge in [-0.25, -0.2) is 9.78 Å². The fraction of sp³-hybridized carbons (Fsp3) is 0.409. The Balaban J connectivity index is 2.21. The predicted octanol–water partition coefficient (Wildman–Crippen LogP) is 3.26. The molecular weight excluding hydrogens is 514 g/mol. The Morgan fingerprint density at radius 1 is 1.30 bits per heavy atom. The van der Waals surface area contributed by atoms with Crippen molar-refractivity contribution in [1.82, 2.24) is 24.7 Å². The van der Waals surface area contributed by atoms with Gasteiger partial charge in [0.15, 0.2) is 10.4 Å². The van der Waals surface area contributed by atoms with Crippen molar-refractivity contribution in [3.63, 3.8) is 0 Å². The Bertz CT molecular complexity index is 1070. The van der Waals surface area contributed by atoms with E-state index in [1.54, 1.807) is 26.1 Å². The first-order valence-corrected chi connectivity index (χ1v) is 11.6. The minimum atomic E-state index is -1.08. The molecule has 0 saturated heterocycles. The summed E-state index contributed by atoms with van der Waals surface area (Å²) in [4.78, 5) is 32.9. The number of amides is 1. The number of hydrogen-bond donors (Lipinski definition) is 2. The van der Waals surface area contributed by atoms with Gasteiger partial charge in [0, 0.05) is 31.4 Å². The van der Waals surface area contributed by atoms with Gasteiger partial charge in [-0.05, 0) is 54.4 Å². The number of esters is 1. The summed E-state index contributed by atoms with van der Waals surface area (Å²) >= 11 is 9.58. The maximum absolute atomic E-state index is 12.9. The first-order valence-electron chi connectivity index (χ1n) is 10.4. The van der Waals surface area contributed by atoms with E-state index in [1.807, 2.05) is 30.5 Å². The monoisotopic (exact) mass is 539 g/mol. The zero-order chi connectivity index (χ0) is 24.4. The van der Waals surface area contributed by atoms with Gasteiger partial charge in [0.05, 0.1) is 18.3 Å². The van der Waals surface area contributed by atoms with Gasteiger partial charge in [-0.2, -0.15) is 0 Å². The molecule has 0 bridgehead atoms. The third kappa shape index (κ3) is 5.02. The smallest absolute Gasteiger partial charge is 0.358 e. The fourth-order valence-electron chi connectivity index (χ4n) is 3.65. The number of benzene rings is 1. The van der Waals surface area contributed by atoms with Crippen molar-refractivity contribution in [2.75, 3.05) is 20.7 Å². The second-order valence-corrected chi connectivity index (χ2v) is 9.04. The normalized spacial score (nSPS) is 17.3. The highest BCUT2D eigenvalue weighted by atomic mass is 79.9. The van der Waals surface area contributed by atoms with Crippen molar-refractivity contribution in [2.45, 2.75) is 39.2 Å². The third-order valence-electron chi connectivity index (χ3n) is 5.26. The van der Waals surface area contributed by atoms with E-state index in [1.165, 1.54) is 23.0 Å². The molecular formula is C22H27BrClN5O4. The van der Waals surface area contributed by atoms with Crippen LogP contribution in [0.25, 0.3) is 0 Å². The highest BCUT2D eigenvalue weighted by Crippen LogP contribution is 2.33. The summed E-state index contributed by atoms with van der Waals surface area (Å²) in [6.07, 6.45) is 0.452. The Kier molecular flexibility index (Phi) is 7.71. The van der Waals surface area contributed by atoms with Crippen LogP contribution in [0.5, 0.6) is 0 Å². The molecule has 9 nitrogen and oxygen atoms in total. The molecule has 0 radical (unpaired) electrons. The van der Waals surface area contributed by atoms with Crippen LogP contribution < -0.4 is 5.32 Å². The highest BCUT2D eigenvalue weighted by Gasteiger charge is 2.35. The summed E-state index contributed by atoms with van der Waals surface area (Å²) in [6.45, 7) is 5.85. The molecule has 1 amide bonds. The summed E-state index contributed by atoms with van der Waals surface area (Å²) in [6, 6.07) is 6.38. The van der Waals surface area contributed by atoms with Crippen molar-refractivity contribution >= 4 is 39.4 Å². The maximum Gasteiger partial charge on any atom is 0.358 e. The van der Waals surface area contributed by atoms with Crippen LogP contribution in [-0.2, 0) is 9.53 Å². The molecule has 1 aromatic heterocycles. The standard InChI is InChI=1S/C22H27BrClN5O4/c1-6-33-20(31)17-18(29(12(2)3)21(23)26-17)16(13-7-9-14(24)10-8-13)25-15-11-27(4)22(32)28(5)19(15)30/h7-12,16,22,25,32H,6H2,1-5H3. The number of aliphatic hydroxyl groups excluding tert-OH is 1. The van der Waals surface area contributed by atoms with E-state index < -0.39 is 24.3 Å². The number of ether oxygens (including phenoxy) is 1. The van der Waals surface area contributed by atoms with Crippen LogP contribution in [0.15, 0.2) is 40.9 Å². The van der Waals surface area contributed by atoms with Crippen molar-refractivity contribution in [3.8, 4) is 0 Å². The number of hydrogen-bond acceptors (Lipinski definition) is 7. The molecule has 1 aliphatic rings. The molecule has 2 aromatic rings. The Morgan fingerprint density at radius 3 is 2.52 bits per heavy atom.